The van der Waals surface area contributed by atoms with E-state index in [4.69, 9.17) is 22.1 Å². The van der Waals surface area contributed by atoms with Crippen LogP contribution in [0, 0.1) is 0 Å². The van der Waals surface area contributed by atoms with E-state index in [9.17, 15) is 9.59 Å². The number of ether oxygens (including phenoxy) is 1. The van der Waals surface area contributed by atoms with Gasteiger partial charge in [-0.2, -0.15) is 0 Å². The number of fused-ring (bicyclic) bond motifs is 1. The van der Waals surface area contributed by atoms with Crippen molar-refractivity contribution in [3.63, 3.8) is 0 Å². The molecule has 0 heterocycles. The first-order valence-corrected chi connectivity index (χ1v) is 8.01. The molecular formula is C18H17ClN2O3. The molecule has 0 unspecified atom stereocenters. The number of nitrogens with one attached hydrogen (secondary N) is 1. The summed E-state index contributed by atoms with van der Waals surface area (Å²) in [5.74, 6) is -0.202. The van der Waals surface area contributed by atoms with Crippen LogP contribution in [0.5, 0.6) is 5.75 Å². The fourth-order valence-electron chi connectivity index (χ4n) is 2.83. The van der Waals surface area contributed by atoms with Crippen LogP contribution in [0.25, 0.3) is 0 Å². The topological polar surface area (TPSA) is 81.4 Å². The van der Waals surface area contributed by atoms with Gasteiger partial charge in [-0.05, 0) is 60.4 Å². The lowest BCUT2D eigenvalue weighted by Gasteiger charge is -2.14. The van der Waals surface area contributed by atoms with Crippen molar-refractivity contribution in [2.45, 2.75) is 18.9 Å². The molecular weight excluding hydrogens is 328 g/mol. The molecule has 0 saturated heterocycles. The molecule has 1 aliphatic carbocycles. The maximum Gasteiger partial charge on any atom is 0.255 e. The number of hydrogen-bond donors (Lipinski definition) is 2. The van der Waals surface area contributed by atoms with Crippen molar-refractivity contribution in [2.24, 2.45) is 5.73 Å². The quantitative estimate of drug-likeness (QED) is 0.874. The third kappa shape index (κ3) is 3.68. The minimum Gasteiger partial charge on any atom is -0.484 e. The van der Waals surface area contributed by atoms with Crippen molar-refractivity contribution in [3.8, 4) is 5.75 Å². The van der Waals surface area contributed by atoms with Crippen molar-refractivity contribution in [1.29, 1.82) is 0 Å². The van der Waals surface area contributed by atoms with Crippen LogP contribution in [0.2, 0.25) is 5.02 Å². The van der Waals surface area contributed by atoms with E-state index in [0.717, 1.165) is 18.4 Å². The van der Waals surface area contributed by atoms with Crippen molar-refractivity contribution in [3.05, 3.63) is 64.2 Å². The van der Waals surface area contributed by atoms with Gasteiger partial charge in [0, 0.05) is 10.6 Å². The predicted molar refractivity (Wildman–Crippen MR) is 91.1 cm³/mol. The predicted octanol–water partition coefficient (Wildman–Crippen LogP) is 2.62. The van der Waals surface area contributed by atoms with E-state index < -0.39 is 5.91 Å². The van der Waals surface area contributed by atoms with Crippen LogP contribution in [0.3, 0.4) is 0 Å². The van der Waals surface area contributed by atoms with E-state index in [1.165, 1.54) is 5.56 Å². The van der Waals surface area contributed by atoms with Gasteiger partial charge >= 0.3 is 0 Å². The molecule has 0 spiro atoms. The molecule has 0 fully saturated rings. The van der Waals surface area contributed by atoms with Gasteiger partial charge in [-0.25, -0.2) is 0 Å². The number of amides is 2. The van der Waals surface area contributed by atoms with E-state index in [0.29, 0.717) is 16.3 Å². The molecule has 6 heteroatoms. The fraction of sp³-hybridized carbons (Fsp3) is 0.222. The number of carbonyl (C=O) groups excluding carboxylic acids is 2. The van der Waals surface area contributed by atoms with Crippen LogP contribution < -0.4 is 15.8 Å². The van der Waals surface area contributed by atoms with E-state index in [2.05, 4.69) is 5.32 Å². The Labute approximate surface area is 144 Å². The van der Waals surface area contributed by atoms with Crippen LogP contribution >= 0.6 is 11.6 Å². The molecule has 2 aromatic carbocycles. The molecule has 3 N–H and O–H groups in total. The van der Waals surface area contributed by atoms with Crippen LogP contribution in [0.15, 0.2) is 42.5 Å². The van der Waals surface area contributed by atoms with Gasteiger partial charge in [0.25, 0.3) is 11.8 Å². The summed E-state index contributed by atoms with van der Waals surface area (Å²) in [6.07, 6.45) is 1.77. The van der Waals surface area contributed by atoms with Crippen molar-refractivity contribution in [2.75, 3.05) is 6.61 Å². The number of hydrogen-bond acceptors (Lipinski definition) is 3. The normalized spacial score (nSPS) is 15.6. The fourth-order valence-corrected chi connectivity index (χ4v) is 3.03. The SMILES string of the molecule is NC(=O)COc1ccc(C(=O)N[C@H]2CCc3cc(Cl)ccc32)cc1. The monoisotopic (exact) mass is 344 g/mol. The Morgan fingerprint density at radius 2 is 1.96 bits per heavy atom. The second kappa shape index (κ2) is 6.93. The number of benzene rings is 2. The largest absolute Gasteiger partial charge is 0.484 e. The Morgan fingerprint density at radius 3 is 2.67 bits per heavy atom. The number of aryl methyl sites for hydroxylation is 1. The molecule has 24 heavy (non-hydrogen) atoms. The Hall–Kier alpha value is -2.53. The lowest BCUT2D eigenvalue weighted by molar-refractivity contribution is -0.119. The molecule has 0 aromatic heterocycles. The highest BCUT2D eigenvalue weighted by molar-refractivity contribution is 6.30. The van der Waals surface area contributed by atoms with Gasteiger partial charge in [-0.1, -0.05) is 17.7 Å². The minimum absolute atomic E-state index is 0.00412. The summed E-state index contributed by atoms with van der Waals surface area (Å²) in [5, 5.41) is 3.76. The third-order valence-corrected chi connectivity index (χ3v) is 4.22. The van der Waals surface area contributed by atoms with Gasteiger partial charge < -0.3 is 15.8 Å². The van der Waals surface area contributed by atoms with Crippen molar-refractivity contribution in [1.82, 2.24) is 5.32 Å². The van der Waals surface area contributed by atoms with E-state index >= 15 is 0 Å². The average Bonchev–Trinajstić information content (AvgIpc) is 2.95. The Morgan fingerprint density at radius 1 is 1.21 bits per heavy atom. The first kappa shape index (κ1) is 16.3. The maximum absolute atomic E-state index is 12.4. The average molecular weight is 345 g/mol. The van der Waals surface area contributed by atoms with Crippen molar-refractivity contribution < 1.29 is 14.3 Å². The summed E-state index contributed by atoms with van der Waals surface area (Å²) in [6.45, 7) is -0.188. The Bertz CT molecular complexity index is 774. The molecule has 124 valence electrons. The summed E-state index contributed by atoms with van der Waals surface area (Å²) in [5.41, 5.74) is 7.86. The van der Waals surface area contributed by atoms with Gasteiger partial charge in [0.05, 0.1) is 6.04 Å². The summed E-state index contributed by atoms with van der Waals surface area (Å²) in [6, 6.07) is 12.4. The second-order valence-electron chi connectivity index (χ2n) is 5.69. The highest BCUT2D eigenvalue weighted by atomic mass is 35.5. The minimum atomic E-state index is -0.545. The number of rotatable bonds is 5. The zero-order chi connectivity index (χ0) is 17.1. The number of primary amides is 1. The molecule has 1 aliphatic rings. The number of nitrogens with two attached hydrogens (primary N) is 1. The van der Waals surface area contributed by atoms with E-state index in [1.807, 2.05) is 18.2 Å². The molecule has 0 bridgehead atoms. The molecule has 5 nitrogen and oxygen atoms in total. The summed E-state index contributed by atoms with van der Waals surface area (Å²) in [4.78, 5) is 23.1. The molecule has 1 atom stereocenters. The molecule has 2 aromatic rings. The van der Waals surface area contributed by atoms with E-state index in [1.54, 1.807) is 24.3 Å². The van der Waals surface area contributed by atoms with Crippen LogP contribution in [0.1, 0.15) is 33.9 Å². The lowest BCUT2D eigenvalue weighted by atomic mass is 10.1. The molecule has 0 saturated carbocycles. The molecule has 3 rings (SSSR count). The summed E-state index contributed by atoms with van der Waals surface area (Å²) < 4.78 is 5.17. The van der Waals surface area contributed by atoms with Crippen LogP contribution in [0.4, 0.5) is 0 Å². The molecule has 2 amide bonds. The smallest absolute Gasteiger partial charge is 0.255 e. The third-order valence-electron chi connectivity index (χ3n) is 3.99. The second-order valence-corrected chi connectivity index (χ2v) is 6.12. The van der Waals surface area contributed by atoms with Gasteiger partial charge in [-0.15, -0.1) is 0 Å². The number of halogens is 1. The van der Waals surface area contributed by atoms with Crippen molar-refractivity contribution >= 4 is 23.4 Å². The standard InChI is InChI=1S/C18H17ClN2O3/c19-13-4-7-15-12(9-13)3-8-16(15)21-18(23)11-1-5-14(6-2-11)24-10-17(20)22/h1-2,4-7,9,16H,3,8,10H2,(H2,20,22)(H,21,23)/t16-/m0/s1. The molecule has 0 radical (unpaired) electrons. The first-order valence-electron chi connectivity index (χ1n) is 7.63. The van der Waals surface area contributed by atoms with E-state index in [-0.39, 0.29) is 18.6 Å². The van der Waals surface area contributed by atoms with Gasteiger partial charge in [0.15, 0.2) is 6.61 Å². The first-order chi connectivity index (χ1) is 11.5. The van der Waals surface area contributed by atoms with Crippen LogP contribution in [-0.2, 0) is 11.2 Å². The van der Waals surface area contributed by atoms with Gasteiger partial charge in [0.2, 0.25) is 0 Å². The Kier molecular flexibility index (Phi) is 4.71. The van der Waals surface area contributed by atoms with Gasteiger partial charge in [0.1, 0.15) is 5.75 Å². The Balaban J connectivity index is 1.65. The highest BCUT2D eigenvalue weighted by Crippen LogP contribution is 2.33. The van der Waals surface area contributed by atoms with Gasteiger partial charge in [-0.3, -0.25) is 9.59 Å². The summed E-state index contributed by atoms with van der Waals surface area (Å²) >= 11 is 6.00. The lowest BCUT2D eigenvalue weighted by Crippen LogP contribution is -2.27. The van der Waals surface area contributed by atoms with Crippen LogP contribution in [-0.4, -0.2) is 18.4 Å². The zero-order valence-corrected chi connectivity index (χ0v) is 13.7. The maximum atomic E-state index is 12.4. The number of carbonyl (C=O) groups is 2. The summed E-state index contributed by atoms with van der Waals surface area (Å²) in [7, 11) is 0. The molecule has 0 aliphatic heterocycles. The zero-order valence-electron chi connectivity index (χ0n) is 12.9. The highest BCUT2D eigenvalue weighted by Gasteiger charge is 2.24.